The number of phenolic OH excluding ortho intramolecular Hbond substituents is 1. The van der Waals surface area contributed by atoms with Crippen molar-refractivity contribution in [1.82, 2.24) is 0 Å². The number of benzene rings is 2. The smallest absolute Gasteiger partial charge is 0.344 e. The predicted molar refractivity (Wildman–Crippen MR) is 128 cm³/mol. The number of aryl methyl sites for hydroxylation is 1. The van der Waals surface area contributed by atoms with Crippen LogP contribution in [0.3, 0.4) is 0 Å². The first-order valence-electron chi connectivity index (χ1n) is 9.10. The number of halogens is 2. The van der Waals surface area contributed by atoms with Crippen LogP contribution in [0.5, 0.6) is 5.75 Å². The lowest BCUT2D eigenvalue weighted by atomic mass is 10.1. The minimum Gasteiger partial charge on any atom is -0.506 e. The summed E-state index contributed by atoms with van der Waals surface area (Å²) in [5.41, 5.74) is 1.64. The number of hydrogen-bond donors (Lipinski definition) is 2. The van der Waals surface area contributed by atoms with E-state index in [4.69, 9.17) is 4.74 Å². The largest absolute Gasteiger partial charge is 0.506 e. The van der Waals surface area contributed by atoms with Crippen molar-refractivity contribution in [1.29, 1.82) is 0 Å². The van der Waals surface area contributed by atoms with Crippen LogP contribution in [-0.2, 0) is 9.53 Å². The Labute approximate surface area is 200 Å². The number of rotatable bonds is 4. The Bertz CT molecular complexity index is 1150. The van der Waals surface area contributed by atoms with Gasteiger partial charge < -0.3 is 14.9 Å². The fourth-order valence-electron chi connectivity index (χ4n) is 2.78. The number of carbonyl (C=O) groups is 2. The highest BCUT2D eigenvalue weighted by atomic mass is 79.9. The number of thioether (sulfide) groups is 1. The minimum atomic E-state index is -0.764. The number of aromatic hydroxyl groups is 1. The fraction of sp³-hybridized carbons (Fsp3) is 0.136. The molecule has 1 aliphatic heterocycles. The fourth-order valence-corrected chi connectivity index (χ4v) is 5.01. The number of aliphatic hydroxyl groups excluding tert-OH is 1. The van der Waals surface area contributed by atoms with Crippen LogP contribution in [0.15, 0.2) is 66.6 Å². The second-order valence-electron chi connectivity index (χ2n) is 6.42. The van der Waals surface area contributed by atoms with Crippen LogP contribution < -0.4 is 0 Å². The van der Waals surface area contributed by atoms with E-state index in [9.17, 15) is 19.8 Å². The quantitative estimate of drug-likeness (QED) is 0.445. The second-order valence-corrected chi connectivity index (χ2v) is 9.16. The van der Waals surface area contributed by atoms with Gasteiger partial charge in [0.2, 0.25) is 0 Å². The maximum atomic E-state index is 12.7. The van der Waals surface area contributed by atoms with Crippen molar-refractivity contribution in [3.63, 3.8) is 0 Å². The summed E-state index contributed by atoms with van der Waals surface area (Å²) in [4.78, 5) is 29.6. The molecule has 2 aromatic rings. The first-order valence-corrected chi connectivity index (χ1v) is 11.5. The molecule has 9 heteroatoms. The summed E-state index contributed by atoms with van der Waals surface area (Å²) in [5.74, 6) is -1.56. The Morgan fingerprint density at radius 2 is 1.81 bits per heavy atom. The van der Waals surface area contributed by atoms with Crippen LogP contribution in [0.1, 0.15) is 28.4 Å². The molecule has 0 bridgehead atoms. The predicted octanol–water partition coefficient (Wildman–Crippen LogP) is 5.93. The molecular formula is C22H17Br2NO5S. The van der Waals surface area contributed by atoms with Gasteiger partial charge in [-0.2, -0.15) is 0 Å². The summed E-state index contributed by atoms with van der Waals surface area (Å²) in [5, 5.41) is 20.7. The monoisotopic (exact) mass is 565 g/mol. The third-order valence-electron chi connectivity index (χ3n) is 4.29. The standard InChI is InChI=1S/C22H17Br2NO5S/c1-3-30-22(29)17-19(27)16(10-12-8-14(23)18(26)15(24)9-12)31-21(17)25-20(28)13-7-5-4-6-11(13)2/h4-10,26-27H,3H2,1-2H3/b16-10-,25-21?. The number of amides is 1. The molecule has 2 aromatic carbocycles. The third-order valence-corrected chi connectivity index (χ3v) is 6.51. The molecule has 1 amide bonds. The Morgan fingerprint density at radius 3 is 2.42 bits per heavy atom. The highest BCUT2D eigenvalue weighted by molar-refractivity contribution is 9.11. The first-order chi connectivity index (χ1) is 14.7. The van der Waals surface area contributed by atoms with Crippen molar-refractivity contribution in [2.24, 2.45) is 4.99 Å². The van der Waals surface area contributed by atoms with Gasteiger partial charge in [-0.05, 0) is 81.1 Å². The van der Waals surface area contributed by atoms with Gasteiger partial charge in [-0.15, -0.1) is 0 Å². The van der Waals surface area contributed by atoms with Crippen LogP contribution in [0.25, 0.3) is 6.08 Å². The Balaban J connectivity index is 2.06. The van der Waals surface area contributed by atoms with E-state index in [-0.39, 0.29) is 28.7 Å². The highest BCUT2D eigenvalue weighted by Gasteiger charge is 2.34. The molecule has 160 valence electrons. The molecule has 0 atom stereocenters. The second kappa shape index (κ2) is 9.84. The number of aliphatic imine (C=N–C) groups is 1. The van der Waals surface area contributed by atoms with Gasteiger partial charge in [0, 0.05) is 5.56 Å². The van der Waals surface area contributed by atoms with Crippen LogP contribution in [-0.4, -0.2) is 33.7 Å². The SMILES string of the molecule is CCOC(=O)C1=C(O)/C(=C/c2cc(Br)c(O)c(Br)c2)SC1=NC(=O)c1ccccc1C. The van der Waals surface area contributed by atoms with E-state index >= 15 is 0 Å². The molecule has 0 aliphatic carbocycles. The van der Waals surface area contributed by atoms with Crippen LogP contribution in [0, 0.1) is 6.92 Å². The molecule has 1 aliphatic rings. The molecule has 0 fully saturated rings. The van der Waals surface area contributed by atoms with Gasteiger partial charge in [0.15, 0.2) is 0 Å². The lowest BCUT2D eigenvalue weighted by Crippen LogP contribution is -2.14. The lowest BCUT2D eigenvalue weighted by molar-refractivity contribution is -0.138. The third kappa shape index (κ3) is 5.11. The number of esters is 1. The van der Waals surface area contributed by atoms with Gasteiger partial charge in [-0.25, -0.2) is 9.79 Å². The van der Waals surface area contributed by atoms with E-state index in [0.29, 0.717) is 25.0 Å². The summed E-state index contributed by atoms with van der Waals surface area (Å²) in [6.45, 7) is 3.55. The Kier molecular flexibility index (Phi) is 7.40. The number of nitrogens with zero attached hydrogens (tertiary/aromatic N) is 1. The summed E-state index contributed by atoms with van der Waals surface area (Å²) in [6.07, 6.45) is 1.62. The maximum absolute atomic E-state index is 12.7. The van der Waals surface area contributed by atoms with E-state index in [0.717, 1.165) is 17.3 Å². The van der Waals surface area contributed by atoms with E-state index in [1.807, 2.05) is 6.07 Å². The number of phenols is 1. The van der Waals surface area contributed by atoms with Crippen LogP contribution in [0.2, 0.25) is 0 Å². The van der Waals surface area contributed by atoms with Gasteiger partial charge in [0.25, 0.3) is 5.91 Å². The lowest BCUT2D eigenvalue weighted by Gasteiger charge is -2.04. The van der Waals surface area contributed by atoms with Crippen molar-refractivity contribution in [3.8, 4) is 5.75 Å². The maximum Gasteiger partial charge on any atom is 0.344 e. The van der Waals surface area contributed by atoms with E-state index in [2.05, 4.69) is 36.9 Å². The summed E-state index contributed by atoms with van der Waals surface area (Å²) >= 11 is 7.52. The van der Waals surface area contributed by atoms with Gasteiger partial charge in [0.05, 0.1) is 20.5 Å². The van der Waals surface area contributed by atoms with E-state index in [1.54, 1.807) is 50.3 Å². The molecule has 0 spiro atoms. The number of ether oxygens (including phenoxy) is 1. The zero-order chi connectivity index (χ0) is 22.7. The van der Waals surface area contributed by atoms with Crippen molar-refractivity contribution >= 4 is 66.6 Å². The molecule has 0 saturated heterocycles. The van der Waals surface area contributed by atoms with Gasteiger partial charge in [-0.3, -0.25) is 4.79 Å². The molecule has 0 radical (unpaired) electrons. The Morgan fingerprint density at radius 1 is 1.16 bits per heavy atom. The molecule has 3 rings (SSSR count). The summed E-state index contributed by atoms with van der Waals surface area (Å²) < 4.78 is 5.96. The van der Waals surface area contributed by atoms with E-state index in [1.165, 1.54) is 0 Å². The van der Waals surface area contributed by atoms with Gasteiger partial charge >= 0.3 is 5.97 Å². The number of carbonyl (C=O) groups excluding carboxylic acids is 2. The van der Waals surface area contributed by atoms with Crippen molar-refractivity contribution in [3.05, 3.63) is 78.3 Å². The molecule has 2 N–H and O–H groups in total. The minimum absolute atomic E-state index is 0.0410. The molecule has 0 saturated carbocycles. The van der Waals surface area contributed by atoms with Crippen molar-refractivity contribution in [2.45, 2.75) is 13.8 Å². The summed E-state index contributed by atoms with van der Waals surface area (Å²) in [7, 11) is 0. The average molecular weight is 567 g/mol. The molecule has 31 heavy (non-hydrogen) atoms. The van der Waals surface area contributed by atoms with Gasteiger partial charge in [-0.1, -0.05) is 30.0 Å². The van der Waals surface area contributed by atoms with Crippen molar-refractivity contribution < 1.29 is 24.5 Å². The molecular weight excluding hydrogens is 550 g/mol. The molecule has 0 aromatic heterocycles. The topological polar surface area (TPSA) is 96.2 Å². The molecule has 6 nitrogen and oxygen atoms in total. The number of hydrogen-bond acceptors (Lipinski definition) is 6. The Hall–Kier alpha value is -2.36. The van der Waals surface area contributed by atoms with Gasteiger partial charge in [0.1, 0.15) is 22.1 Å². The van der Waals surface area contributed by atoms with E-state index < -0.39 is 11.9 Å². The average Bonchev–Trinajstić information content (AvgIpc) is 3.01. The molecule has 0 unspecified atom stereocenters. The van der Waals surface area contributed by atoms with Crippen LogP contribution >= 0.6 is 43.6 Å². The normalized spacial score (nSPS) is 16.3. The van der Waals surface area contributed by atoms with Crippen LogP contribution in [0.4, 0.5) is 0 Å². The summed E-state index contributed by atoms with van der Waals surface area (Å²) in [6, 6.07) is 10.3. The number of aliphatic hydroxyl groups is 1. The first kappa shape index (κ1) is 23.3. The zero-order valence-corrected chi connectivity index (χ0v) is 20.5. The zero-order valence-electron chi connectivity index (χ0n) is 16.5. The highest BCUT2D eigenvalue weighted by Crippen LogP contribution is 2.41. The van der Waals surface area contributed by atoms with Crippen molar-refractivity contribution in [2.75, 3.05) is 6.61 Å². The molecule has 1 heterocycles.